The monoisotopic (exact) mass is 397 g/mol. The largest absolute Gasteiger partial charge is 0.490 e. The molecule has 1 aromatic heterocycles. The molecule has 2 aromatic carbocycles. The van der Waals surface area contributed by atoms with Crippen LogP contribution in [0.3, 0.4) is 0 Å². The van der Waals surface area contributed by atoms with Gasteiger partial charge in [0, 0.05) is 11.4 Å². The normalized spacial score (nSPS) is 19.3. The van der Waals surface area contributed by atoms with E-state index in [1.54, 1.807) is 16.9 Å². The Balaban J connectivity index is 1.46. The highest BCUT2D eigenvalue weighted by molar-refractivity contribution is 5.85. The lowest BCUT2D eigenvalue weighted by atomic mass is 9.98. The molecule has 0 unspecified atom stereocenters. The summed E-state index contributed by atoms with van der Waals surface area (Å²) in [5.41, 5.74) is 2.10. The second-order valence-electron chi connectivity index (χ2n) is 7.17. The predicted octanol–water partition coefficient (Wildman–Crippen LogP) is 2.14. The van der Waals surface area contributed by atoms with E-state index >= 15 is 0 Å². The molecule has 3 atom stereocenters. The topological polar surface area (TPSA) is 106 Å². The van der Waals surface area contributed by atoms with Gasteiger partial charge in [-0.05, 0) is 24.6 Å². The van der Waals surface area contributed by atoms with E-state index in [1.165, 1.54) is 0 Å². The Kier molecular flexibility index (Phi) is 5.37. The lowest BCUT2D eigenvalue weighted by molar-refractivity contribution is -0.0248. The van der Waals surface area contributed by atoms with Crippen molar-refractivity contribution in [1.29, 1.82) is 0 Å². The molecule has 8 nitrogen and oxygen atoms in total. The SMILES string of the molecule is C[C@@H](Cn1ncc2ccc3c(c21)[C@H](O)[C@H](O)CO3)NC(=O)OCc1ccccc1. The number of nitrogens with one attached hydrogen (secondary N) is 1. The highest BCUT2D eigenvalue weighted by atomic mass is 16.5. The van der Waals surface area contributed by atoms with Crippen molar-refractivity contribution in [3.8, 4) is 5.75 Å². The summed E-state index contributed by atoms with van der Waals surface area (Å²) in [6.45, 7) is 2.44. The van der Waals surface area contributed by atoms with Crippen molar-refractivity contribution in [3.63, 3.8) is 0 Å². The standard InChI is InChI=1S/C21H23N3O5/c1-13(23-21(27)29-11-14-5-3-2-4-6-14)10-24-19-15(9-22-24)7-8-17-18(19)20(26)16(25)12-28-17/h2-9,13,16,20,25-26H,10-12H2,1H3,(H,23,27)/t13-,16+,20+/m0/s1. The lowest BCUT2D eigenvalue weighted by Crippen LogP contribution is -2.36. The fourth-order valence-corrected chi connectivity index (χ4v) is 3.47. The van der Waals surface area contributed by atoms with Crippen molar-refractivity contribution in [3.05, 3.63) is 59.8 Å². The Hall–Kier alpha value is -3.10. The zero-order valence-corrected chi connectivity index (χ0v) is 16.0. The molecule has 1 aliphatic heterocycles. The van der Waals surface area contributed by atoms with Gasteiger partial charge in [-0.15, -0.1) is 0 Å². The number of ether oxygens (including phenoxy) is 2. The van der Waals surface area contributed by atoms with Gasteiger partial charge in [-0.1, -0.05) is 30.3 Å². The van der Waals surface area contributed by atoms with Gasteiger partial charge in [0.2, 0.25) is 0 Å². The summed E-state index contributed by atoms with van der Waals surface area (Å²) < 4.78 is 12.5. The minimum Gasteiger partial charge on any atom is -0.490 e. The summed E-state index contributed by atoms with van der Waals surface area (Å²) in [5.74, 6) is 0.528. The van der Waals surface area contributed by atoms with Gasteiger partial charge in [0.1, 0.15) is 31.2 Å². The first-order valence-electron chi connectivity index (χ1n) is 9.47. The number of benzene rings is 2. The number of hydrogen-bond donors (Lipinski definition) is 3. The molecule has 8 heteroatoms. The summed E-state index contributed by atoms with van der Waals surface area (Å²) in [7, 11) is 0. The van der Waals surface area contributed by atoms with Crippen molar-refractivity contribution in [2.75, 3.05) is 6.61 Å². The van der Waals surface area contributed by atoms with Gasteiger partial charge in [-0.2, -0.15) is 5.10 Å². The summed E-state index contributed by atoms with van der Waals surface area (Å²) in [4.78, 5) is 12.1. The second kappa shape index (κ2) is 8.10. The number of nitrogens with zero attached hydrogens (tertiary/aromatic N) is 2. The van der Waals surface area contributed by atoms with E-state index in [4.69, 9.17) is 9.47 Å². The maximum Gasteiger partial charge on any atom is 0.407 e. The van der Waals surface area contributed by atoms with Crippen LogP contribution in [0, 0.1) is 0 Å². The van der Waals surface area contributed by atoms with Crippen molar-refractivity contribution in [1.82, 2.24) is 15.1 Å². The van der Waals surface area contributed by atoms with Crippen LogP contribution in [0.5, 0.6) is 5.75 Å². The summed E-state index contributed by atoms with van der Waals surface area (Å²) in [6.07, 6.45) is -0.889. The average molecular weight is 397 g/mol. The fraction of sp³-hybridized carbons (Fsp3) is 0.333. The Morgan fingerprint density at radius 2 is 2.10 bits per heavy atom. The zero-order valence-electron chi connectivity index (χ0n) is 16.0. The predicted molar refractivity (Wildman–Crippen MR) is 105 cm³/mol. The van der Waals surface area contributed by atoms with E-state index in [0.29, 0.717) is 23.4 Å². The van der Waals surface area contributed by atoms with E-state index < -0.39 is 18.3 Å². The first-order chi connectivity index (χ1) is 14.0. The smallest absolute Gasteiger partial charge is 0.407 e. The second-order valence-corrected chi connectivity index (χ2v) is 7.17. The molecule has 152 valence electrons. The van der Waals surface area contributed by atoms with E-state index in [9.17, 15) is 15.0 Å². The summed E-state index contributed by atoms with van der Waals surface area (Å²) in [5, 5.41) is 28.4. The van der Waals surface area contributed by atoms with E-state index in [0.717, 1.165) is 10.9 Å². The van der Waals surface area contributed by atoms with Crippen molar-refractivity contribution in [2.45, 2.75) is 38.3 Å². The number of aliphatic hydroxyl groups excluding tert-OH is 2. The molecule has 1 amide bonds. The summed E-state index contributed by atoms with van der Waals surface area (Å²) in [6, 6.07) is 12.8. The van der Waals surface area contributed by atoms with Gasteiger partial charge in [-0.3, -0.25) is 4.68 Å². The molecular formula is C21H23N3O5. The number of rotatable bonds is 5. The van der Waals surface area contributed by atoms with Gasteiger partial charge >= 0.3 is 6.09 Å². The molecule has 29 heavy (non-hydrogen) atoms. The highest BCUT2D eigenvalue weighted by Crippen LogP contribution is 2.37. The molecule has 3 N–H and O–H groups in total. The molecule has 0 saturated heterocycles. The number of aromatic nitrogens is 2. The van der Waals surface area contributed by atoms with Crippen molar-refractivity contribution >= 4 is 17.0 Å². The quantitative estimate of drug-likeness (QED) is 0.609. The maximum absolute atomic E-state index is 12.1. The summed E-state index contributed by atoms with van der Waals surface area (Å²) >= 11 is 0. The minimum absolute atomic E-state index is 0.0407. The third-order valence-corrected chi connectivity index (χ3v) is 4.90. The van der Waals surface area contributed by atoms with Gasteiger partial charge in [0.25, 0.3) is 0 Å². The van der Waals surface area contributed by atoms with Crippen LogP contribution >= 0.6 is 0 Å². The fourth-order valence-electron chi connectivity index (χ4n) is 3.47. The molecule has 0 bridgehead atoms. The van der Waals surface area contributed by atoms with Crippen LogP contribution in [-0.2, 0) is 17.9 Å². The Morgan fingerprint density at radius 3 is 2.90 bits per heavy atom. The van der Waals surface area contributed by atoms with Crippen LogP contribution in [-0.4, -0.2) is 44.8 Å². The van der Waals surface area contributed by atoms with Gasteiger partial charge < -0.3 is 25.0 Å². The number of carbonyl (C=O) groups is 1. The first-order valence-corrected chi connectivity index (χ1v) is 9.47. The Bertz CT molecular complexity index is 1000. The number of amides is 1. The van der Waals surface area contributed by atoms with Crippen LogP contribution in [0.1, 0.15) is 24.2 Å². The van der Waals surface area contributed by atoms with Crippen LogP contribution in [0.15, 0.2) is 48.7 Å². The van der Waals surface area contributed by atoms with Crippen LogP contribution in [0.25, 0.3) is 10.9 Å². The molecule has 0 radical (unpaired) electrons. The van der Waals surface area contributed by atoms with Gasteiger partial charge in [0.15, 0.2) is 0 Å². The molecule has 0 saturated carbocycles. The number of aliphatic hydroxyl groups is 2. The van der Waals surface area contributed by atoms with Crippen molar-refractivity contribution in [2.24, 2.45) is 0 Å². The number of fused-ring (bicyclic) bond motifs is 3. The Morgan fingerprint density at radius 1 is 1.31 bits per heavy atom. The van der Waals surface area contributed by atoms with Crippen molar-refractivity contribution < 1.29 is 24.5 Å². The molecule has 0 fully saturated rings. The molecule has 1 aliphatic rings. The third kappa shape index (κ3) is 4.03. The zero-order chi connectivity index (χ0) is 20.4. The Labute approximate surface area is 167 Å². The molecule has 2 heterocycles. The van der Waals surface area contributed by atoms with E-state index in [1.807, 2.05) is 43.3 Å². The minimum atomic E-state index is -1.06. The van der Waals surface area contributed by atoms with Crippen LogP contribution in [0.2, 0.25) is 0 Å². The maximum atomic E-state index is 12.1. The van der Waals surface area contributed by atoms with E-state index in [-0.39, 0.29) is 19.3 Å². The first kappa shape index (κ1) is 19.2. The molecule has 3 aromatic rings. The third-order valence-electron chi connectivity index (χ3n) is 4.90. The lowest BCUT2D eigenvalue weighted by Gasteiger charge is -2.28. The number of hydrogen-bond acceptors (Lipinski definition) is 6. The number of carbonyl (C=O) groups excluding carboxylic acids is 1. The molecule has 0 spiro atoms. The molecule has 4 rings (SSSR count). The van der Waals surface area contributed by atoms with E-state index in [2.05, 4.69) is 10.4 Å². The molecule has 0 aliphatic carbocycles. The van der Waals surface area contributed by atoms with Crippen LogP contribution < -0.4 is 10.1 Å². The number of alkyl carbamates (subject to hydrolysis) is 1. The van der Waals surface area contributed by atoms with Gasteiger partial charge in [-0.25, -0.2) is 4.79 Å². The average Bonchev–Trinajstić information content (AvgIpc) is 3.12. The molecular weight excluding hydrogens is 374 g/mol. The highest BCUT2D eigenvalue weighted by Gasteiger charge is 2.31. The van der Waals surface area contributed by atoms with Crippen LogP contribution in [0.4, 0.5) is 4.79 Å². The van der Waals surface area contributed by atoms with Gasteiger partial charge in [0.05, 0.1) is 23.8 Å².